The van der Waals surface area contributed by atoms with Gasteiger partial charge in [-0.2, -0.15) is 4.98 Å². The summed E-state index contributed by atoms with van der Waals surface area (Å²) in [5, 5.41) is 9.36. The van der Waals surface area contributed by atoms with Crippen LogP contribution in [0.4, 0.5) is 10.1 Å². The van der Waals surface area contributed by atoms with E-state index in [0.717, 1.165) is 15.7 Å². The summed E-state index contributed by atoms with van der Waals surface area (Å²) in [7, 11) is 0. The van der Waals surface area contributed by atoms with Crippen LogP contribution in [0, 0.1) is 19.7 Å². The molecule has 0 unspecified atom stereocenters. The van der Waals surface area contributed by atoms with Gasteiger partial charge in [0.05, 0.1) is 0 Å². The van der Waals surface area contributed by atoms with E-state index >= 15 is 0 Å². The topological polar surface area (TPSA) is 97.1 Å². The van der Waals surface area contributed by atoms with E-state index < -0.39 is 0 Å². The first-order valence-electron chi connectivity index (χ1n) is 9.73. The molecule has 0 saturated carbocycles. The lowest BCUT2D eigenvalue weighted by molar-refractivity contribution is -0.121. The molecule has 0 aliphatic rings. The van der Waals surface area contributed by atoms with Crippen molar-refractivity contribution in [3.63, 3.8) is 0 Å². The summed E-state index contributed by atoms with van der Waals surface area (Å²) in [6.45, 7) is 3.79. The van der Waals surface area contributed by atoms with Crippen LogP contribution < -0.4 is 10.6 Å². The van der Waals surface area contributed by atoms with E-state index in [-0.39, 0.29) is 55.2 Å². The highest BCUT2D eigenvalue weighted by molar-refractivity contribution is 9.10. The van der Waals surface area contributed by atoms with Gasteiger partial charge in [0, 0.05) is 41.5 Å². The molecular weight excluding hydrogens is 467 g/mol. The number of nitrogens with one attached hydrogen (secondary N) is 2. The summed E-state index contributed by atoms with van der Waals surface area (Å²) in [6.07, 6.45) is 0.536. The molecule has 3 rings (SSSR count). The number of nitrogens with zero attached hydrogens (tertiary/aromatic N) is 2. The fraction of sp³-hybridized carbons (Fsp3) is 0.273. The van der Waals surface area contributed by atoms with E-state index in [2.05, 4.69) is 36.7 Å². The minimum absolute atomic E-state index is 0.135. The third kappa shape index (κ3) is 6.45. The van der Waals surface area contributed by atoms with E-state index in [1.54, 1.807) is 19.1 Å². The first-order chi connectivity index (χ1) is 14.8. The maximum absolute atomic E-state index is 13.7. The van der Waals surface area contributed by atoms with E-state index in [4.69, 9.17) is 4.52 Å². The number of rotatable bonds is 8. The Morgan fingerprint density at radius 3 is 2.61 bits per heavy atom. The Balaban J connectivity index is 1.41. The molecule has 1 aromatic heterocycles. The molecule has 31 heavy (non-hydrogen) atoms. The summed E-state index contributed by atoms with van der Waals surface area (Å²) in [6, 6.07) is 10.3. The number of hydrogen-bond acceptors (Lipinski definition) is 5. The summed E-state index contributed by atoms with van der Waals surface area (Å²) in [5.41, 5.74) is 2.72. The Kier molecular flexibility index (Phi) is 7.51. The van der Waals surface area contributed by atoms with Gasteiger partial charge in [-0.05, 0) is 43.2 Å². The molecule has 2 amide bonds. The molecule has 0 fully saturated rings. The number of amides is 2. The second-order valence-corrected chi connectivity index (χ2v) is 8.00. The lowest BCUT2D eigenvalue weighted by Gasteiger charge is -2.09. The zero-order chi connectivity index (χ0) is 22.4. The fourth-order valence-electron chi connectivity index (χ4n) is 2.77. The Morgan fingerprint density at radius 2 is 1.84 bits per heavy atom. The lowest BCUT2D eigenvalue weighted by Crippen LogP contribution is -2.27. The molecule has 0 spiro atoms. The molecule has 0 aliphatic heterocycles. The number of carbonyl (C=O) groups is 2. The van der Waals surface area contributed by atoms with Crippen molar-refractivity contribution < 1.29 is 18.5 Å². The van der Waals surface area contributed by atoms with Crippen LogP contribution >= 0.6 is 15.9 Å². The summed E-state index contributed by atoms with van der Waals surface area (Å²) >= 11 is 3.37. The molecule has 2 N–H and O–H groups in total. The molecule has 0 saturated heterocycles. The second-order valence-electron chi connectivity index (χ2n) is 7.08. The van der Waals surface area contributed by atoms with Gasteiger partial charge in [0.15, 0.2) is 0 Å². The van der Waals surface area contributed by atoms with Crippen LogP contribution in [0.15, 0.2) is 45.4 Å². The van der Waals surface area contributed by atoms with Crippen molar-refractivity contribution in [2.75, 3.05) is 11.9 Å². The quantitative estimate of drug-likeness (QED) is 0.491. The SMILES string of the molecule is Cc1ccc(-c2noc(CCC(=O)NCCC(=O)Nc3cc(Br)ccc3C)n2)cc1F. The fourth-order valence-corrected chi connectivity index (χ4v) is 3.13. The molecule has 0 bridgehead atoms. The smallest absolute Gasteiger partial charge is 0.227 e. The molecule has 7 nitrogen and oxygen atoms in total. The van der Waals surface area contributed by atoms with Gasteiger partial charge in [0.2, 0.25) is 23.5 Å². The zero-order valence-corrected chi connectivity index (χ0v) is 18.8. The average molecular weight is 489 g/mol. The predicted octanol–water partition coefficient (Wildman–Crippen LogP) is 4.33. The molecule has 0 radical (unpaired) electrons. The molecule has 9 heteroatoms. The molecule has 1 heterocycles. The number of hydrogen-bond donors (Lipinski definition) is 2. The summed E-state index contributed by atoms with van der Waals surface area (Å²) < 4.78 is 19.7. The minimum Gasteiger partial charge on any atom is -0.356 e. The van der Waals surface area contributed by atoms with Crippen LogP contribution in [0.1, 0.15) is 29.9 Å². The van der Waals surface area contributed by atoms with Gasteiger partial charge >= 0.3 is 0 Å². The van der Waals surface area contributed by atoms with E-state index in [0.29, 0.717) is 11.1 Å². The molecule has 0 atom stereocenters. The maximum atomic E-state index is 13.7. The molecule has 3 aromatic rings. The minimum atomic E-state index is -0.345. The first kappa shape index (κ1) is 22.6. The average Bonchev–Trinajstić information content (AvgIpc) is 3.20. The van der Waals surface area contributed by atoms with Crippen molar-refractivity contribution >= 4 is 33.4 Å². The summed E-state index contributed by atoms with van der Waals surface area (Å²) in [4.78, 5) is 28.3. The van der Waals surface area contributed by atoms with E-state index in [1.165, 1.54) is 6.07 Å². The van der Waals surface area contributed by atoms with Crippen molar-refractivity contribution in [2.45, 2.75) is 33.1 Å². The summed E-state index contributed by atoms with van der Waals surface area (Å²) in [5.74, 6) is -0.203. The monoisotopic (exact) mass is 488 g/mol. The number of carbonyl (C=O) groups excluding carboxylic acids is 2. The number of benzene rings is 2. The van der Waals surface area contributed by atoms with Crippen molar-refractivity contribution in [1.29, 1.82) is 0 Å². The van der Waals surface area contributed by atoms with E-state index in [1.807, 2.05) is 25.1 Å². The Hall–Kier alpha value is -3.07. The van der Waals surface area contributed by atoms with Gasteiger partial charge in [0.25, 0.3) is 0 Å². The predicted molar refractivity (Wildman–Crippen MR) is 118 cm³/mol. The van der Waals surface area contributed by atoms with E-state index in [9.17, 15) is 14.0 Å². The van der Waals surface area contributed by atoms with Crippen LogP contribution in [-0.4, -0.2) is 28.5 Å². The standard InChI is InChI=1S/C22H22BrFN4O3/c1-13-3-5-15(11-17(13)24)22-27-21(31-28-22)8-7-19(29)25-10-9-20(30)26-18-12-16(23)6-4-14(18)2/h3-6,11-12H,7-10H2,1-2H3,(H,25,29)(H,26,30). The van der Waals surface area contributed by atoms with Gasteiger partial charge in [-0.3, -0.25) is 9.59 Å². The van der Waals surface area contributed by atoms with Crippen molar-refractivity contribution in [3.8, 4) is 11.4 Å². The van der Waals surface area contributed by atoms with Gasteiger partial charge in [0.1, 0.15) is 5.82 Å². The van der Waals surface area contributed by atoms with Gasteiger partial charge in [-0.15, -0.1) is 0 Å². The maximum Gasteiger partial charge on any atom is 0.227 e. The third-order valence-electron chi connectivity index (χ3n) is 4.61. The number of aryl methyl sites for hydroxylation is 3. The van der Waals surface area contributed by atoms with Crippen molar-refractivity contribution in [1.82, 2.24) is 15.5 Å². The normalized spacial score (nSPS) is 10.7. The Bertz CT molecular complexity index is 1100. The van der Waals surface area contributed by atoms with Crippen LogP contribution in [0.3, 0.4) is 0 Å². The number of aromatic nitrogens is 2. The number of halogens is 2. The third-order valence-corrected chi connectivity index (χ3v) is 5.11. The highest BCUT2D eigenvalue weighted by Crippen LogP contribution is 2.21. The zero-order valence-electron chi connectivity index (χ0n) is 17.2. The highest BCUT2D eigenvalue weighted by atomic mass is 79.9. The molecular formula is C22H22BrFN4O3. The van der Waals surface area contributed by atoms with Crippen LogP contribution in [-0.2, 0) is 16.0 Å². The molecule has 2 aromatic carbocycles. The highest BCUT2D eigenvalue weighted by Gasteiger charge is 2.12. The van der Waals surface area contributed by atoms with Gasteiger partial charge in [-0.1, -0.05) is 39.3 Å². The second kappa shape index (κ2) is 10.3. The van der Waals surface area contributed by atoms with Gasteiger partial charge in [-0.25, -0.2) is 4.39 Å². The molecule has 162 valence electrons. The van der Waals surface area contributed by atoms with Crippen LogP contribution in [0.5, 0.6) is 0 Å². The lowest BCUT2D eigenvalue weighted by atomic mass is 10.1. The number of anilines is 1. The molecule has 0 aliphatic carbocycles. The largest absolute Gasteiger partial charge is 0.356 e. The Labute approximate surface area is 187 Å². The van der Waals surface area contributed by atoms with Crippen LogP contribution in [0.25, 0.3) is 11.4 Å². The Morgan fingerprint density at radius 1 is 1.06 bits per heavy atom. The first-order valence-corrected chi connectivity index (χ1v) is 10.5. The van der Waals surface area contributed by atoms with Gasteiger partial charge < -0.3 is 15.2 Å². The van der Waals surface area contributed by atoms with Crippen molar-refractivity contribution in [3.05, 3.63) is 63.7 Å². The van der Waals surface area contributed by atoms with Crippen molar-refractivity contribution in [2.24, 2.45) is 0 Å². The van der Waals surface area contributed by atoms with Crippen LogP contribution in [0.2, 0.25) is 0 Å².